The molecule has 5 heavy (non-hydrogen) atoms. The molecule has 0 aliphatic rings. The summed E-state index contributed by atoms with van der Waals surface area (Å²) >= 11 is 0. The van der Waals surface area contributed by atoms with Crippen molar-refractivity contribution >= 4 is 69.2 Å². The van der Waals surface area contributed by atoms with E-state index in [0.717, 1.165) is 0 Å². The predicted octanol–water partition coefficient (Wildman–Crippen LogP) is -0.697. The van der Waals surface area contributed by atoms with Crippen molar-refractivity contribution in [3.63, 3.8) is 0 Å². The SMILES string of the molecule is [B].[Ca+2].[Fe].[H-].[H-].[H-].[H-].[Mg+2].[Zn]. The minimum absolute atomic E-state index is 0. The molecule has 0 saturated heterocycles. The topological polar surface area (TPSA) is 0 Å². The third kappa shape index (κ3) is 18.9. The Hall–Kier alpha value is 3.23. The van der Waals surface area contributed by atoms with Gasteiger partial charge in [0.1, 0.15) is 0 Å². The average molecular weight is 200 g/mol. The van der Waals surface area contributed by atoms with Crippen molar-refractivity contribution in [1.29, 1.82) is 0 Å². The van der Waals surface area contributed by atoms with E-state index in [0.29, 0.717) is 0 Å². The van der Waals surface area contributed by atoms with E-state index in [1.165, 1.54) is 0 Å². The minimum Gasteiger partial charge on any atom is -1.00 e. The monoisotopic (exact) mass is 199 g/mol. The summed E-state index contributed by atoms with van der Waals surface area (Å²) in [6, 6.07) is 0. The fraction of sp³-hybridized carbons (Fsp3) is 0. The van der Waals surface area contributed by atoms with Crippen LogP contribution in [-0.4, -0.2) is 69.2 Å². The molecule has 0 heterocycles. The second kappa shape index (κ2) is 26.9. The van der Waals surface area contributed by atoms with Gasteiger partial charge in [-0.2, -0.15) is 0 Å². The summed E-state index contributed by atoms with van der Waals surface area (Å²) in [7, 11) is 0. The van der Waals surface area contributed by atoms with Crippen LogP contribution in [0.4, 0.5) is 0 Å². The molecule has 0 fully saturated rings. The Morgan fingerprint density at radius 2 is 1.20 bits per heavy atom. The van der Waals surface area contributed by atoms with E-state index in [2.05, 4.69) is 0 Å². The van der Waals surface area contributed by atoms with Crippen molar-refractivity contribution in [2.75, 3.05) is 0 Å². The first kappa shape index (κ1) is 41.2. The van der Waals surface area contributed by atoms with Gasteiger partial charge in [-0.25, -0.2) is 0 Å². The van der Waals surface area contributed by atoms with Crippen molar-refractivity contribution in [2.45, 2.75) is 0 Å². The first-order valence-electron chi connectivity index (χ1n) is 0. The van der Waals surface area contributed by atoms with Crippen LogP contribution in [0.15, 0.2) is 0 Å². The molecule has 3 radical (unpaired) electrons. The molecule has 0 saturated carbocycles. The molecule has 0 aliphatic carbocycles. The van der Waals surface area contributed by atoms with Crippen LogP contribution in [0.25, 0.3) is 0 Å². The third-order valence-electron chi connectivity index (χ3n) is 0. The largest absolute Gasteiger partial charge is 2.00 e. The summed E-state index contributed by atoms with van der Waals surface area (Å²) in [6.07, 6.45) is 0. The van der Waals surface area contributed by atoms with E-state index < -0.39 is 0 Å². The molecule has 0 aliphatic heterocycles. The van der Waals surface area contributed by atoms with E-state index in [1.807, 2.05) is 0 Å². The van der Waals surface area contributed by atoms with E-state index >= 15 is 0 Å². The van der Waals surface area contributed by atoms with Crippen LogP contribution in [0.3, 0.4) is 0 Å². The van der Waals surface area contributed by atoms with Crippen molar-refractivity contribution in [3.05, 3.63) is 0 Å². The Balaban J connectivity index is 0. The molecule has 0 rings (SSSR count). The predicted molar refractivity (Wildman–Crippen MR) is 21.7 cm³/mol. The Labute approximate surface area is 109 Å². The standard InChI is InChI=1S/B.Ca.Fe.Mg.Zn.4H/q;+2;;+2;;4*-1. The maximum absolute atomic E-state index is 0. The zero-order valence-electron chi connectivity index (χ0n) is 7.05. The Morgan fingerprint density at radius 3 is 1.20 bits per heavy atom. The van der Waals surface area contributed by atoms with Crippen molar-refractivity contribution in [3.8, 4) is 0 Å². The quantitative estimate of drug-likeness (QED) is 0.454. The zero-order chi connectivity index (χ0) is 0. The normalized spacial score (nSPS) is 0. The molecular weight excluding hydrogens is 196 g/mol. The van der Waals surface area contributed by atoms with Gasteiger partial charge in [0.2, 0.25) is 0 Å². The molecule has 0 aromatic heterocycles. The van der Waals surface area contributed by atoms with E-state index in [4.69, 9.17) is 0 Å². The third-order valence-corrected chi connectivity index (χ3v) is 0. The average Bonchev–Trinajstić information content (AvgIpc) is 0. The fourth-order valence-electron chi connectivity index (χ4n) is 0. The molecule has 5 heteroatoms. The smallest absolute Gasteiger partial charge is 1.00 e. The van der Waals surface area contributed by atoms with Crippen LogP contribution < -0.4 is 0 Å². The van der Waals surface area contributed by atoms with Gasteiger partial charge in [0, 0.05) is 45.0 Å². The van der Waals surface area contributed by atoms with E-state index in [-0.39, 0.29) is 111 Å². The summed E-state index contributed by atoms with van der Waals surface area (Å²) in [5, 5.41) is 0. The molecule has 21 valence electrons. The summed E-state index contributed by atoms with van der Waals surface area (Å²) in [5.41, 5.74) is 0. The van der Waals surface area contributed by atoms with Gasteiger partial charge in [-0.3, -0.25) is 0 Å². The minimum atomic E-state index is 0. The van der Waals surface area contributed by atoms with Crippen LogP contribution >= 0.6 is 0 Å². The second-order valence-electron chi connectivity index (χ2n) is 0. The Kier molecular flexibility index (Phi) is 222. The maximum Gasteiger partial charge on any atom is 2.00 e. The maximum atomic E-state index is 0. The second-order valence-corrected chi connectivity index (χ2v) is 0. The van der Waals surface area contributed by atoms with Crippen molar-refractivity contribution in [2.24, 2.45) is 0 Å². The number of hydrogen-bond acceptors (Lipinski definition) is 0. The first-order valence-corrected chi connectivity index (χ1v) is 0. The number of hydrogen-bond donors (Lipinski definition) is 0. The summed E-state index contributed by atoms with van der Waals surface area (Å²) in [6.45, 7) is 0. The van der Waals surface area contributed by atoms with Crippen LogP contribution in [0.5, 0.6) is 0 Å². The van der Waals surface area contributed by atoms with Crippen LogP contribution in [-0.2, 0) is 36.5 Å². The molecule has 0 bridgehead atoms. The van der Waals surface area contributed by atoms with Crippen molar-refractivity contribution in [1.82, 2.24) is 0 Å². The Morgan fingerprint density at radius 1 is 1.20 bits per heavy atom. The van der Waals surface area contributed by atoms with Crippen LogP contribution in [0, 0.1) is 0 Å². The van der Waals surface area contributed by atoms with Gasteiger partial charge in [-0.05, 0) is 0 Å². The molecule has 0 spiro atoms. The van der Waals surface area contributed by atoms with Crippen LogP contribution in [0.1, 0.15) is 5.71 Å². The Bertz CT molecular complexity index is 20.5. The van der Waals surface area contributed by atoms with E-state index in [1.54, 1.807) is 0 Å². The zero-order valence-corrected chi connectivity index (χ0v) is 10.7. The summed E-state index contributed by atoms with van der Waals surface area (Å²) in [4.78, 5) is 0. The molecule has 0 nitrogen and oxygen atoms in total. The molecule has 0 aromatic carbocycles. The molecular formula is H4BCaFeMgZn. The van der Waals surface area contributed by atoms with Crippen LogP contribution in [0.2, 0.25) is 0 Å². The first-order chi connectivity index (χ1) is 0. The summed E-state index contributed by atoms with van der Waals surface area (Å²) in [5.74, 6) is 0. The van der Waals surface area contributed by atoms with Gasteiger partial charge in [0.05, 0.1) is 0 Å². The molecule has 0 amide bonds. The van der Waals surface area contributed by atoms with Gasteiger partial charge in [0.15, 0.2) is 0 Å². The van der Waals surface area contributed by atoms with E-state index in [9.17, 15) is 0 Å². The molecule has 0 unspecified atom stereocenters. The summed E-state index contributed by atoms with van der Waals surface area (Å²) < 4.78 is 0. The van der Waals surface area contributed by atoms with Gasteiger partial charge in [-0.1, -0.05) is 0 Å². The van der Waals surface area contributed by atoms with Gasteiger partial charge in [0.25, 0.3) is 0 Å². The number of rotatable bonds is 0. The van der Waals surface area contributed by atoms with Crippen molar-refractivity contribution < 1.29 is 42.3 Å². The molecule has 0 atom stereocenters. The van der Waals surface area contributed by atoms with Gasteiger partial charge in [-0.15, -0.1) is 0 Å². The fourth-order valence-corrected chi connectivity index (χ4v) is 0. The van der Waals surface area contributed by atoms with Gasteiger partial charge >= 0.3 is 60.8 Å². The molecule has 0 N–H and O–H groups in total. The van der Waals surface area contributed by atoms with Gasteiger partial charge < -0.3 is 5.71 Å². The molecule has 0 aromatic rings.